The monoisotopic (exact) mass is 503 g/mol. The van der Waals surface area contributed by atoms with Gasteiger partial charge in [-0.3, -0.25) is 4.90 Å². The van der Waals surface area contributed by atoms with Crippen LogP contribution in [0.5, 0.6) is 0 Å². The van der Waals surface area contributed by atoms with E-state index in [4.69, 9.17) is 16.3 Å². The minimum Gasteiger partial charge on any atom is -0.480 e. The van der Waals surface area contributed by atoms with E-state index in [2.05, 4.69) is 0 Å². The number of benzene rings is 3. The molecule has 4 rings (SSSR count). The van der Waals surface area contributed by atoms with Gasteiger partial charge in [0, 0.05) is 24.4 Å². The van der Waals surface area contributed by atoms with Gasteiger partial charge >= 0.3 is 18.2 Å². The molecule has 1 aliphatic carbocycles. The summed E-state index contributed by atoms with van der Waals surface area (Å²) in [7, 11) is 1.24. The number of nitrogens with zero attached hydrogens (tertiary/aromatic N) is 1. The maximum absolute atomic E-state index is 13.1. The van der Waals surface area contributed by atoms with E-state index in [0.29, 0.717) is 0 Å². The van der Waals surface area contributed by atoms with Crippen molar-refractivity contribution < 1.29 is 32.6 Å². The molecule has 0 bridgehead atoms. The standard InChI is InChI=1S/C26H21ClF3NO4/c1-31(23(24(32)33)12-15-10-16(26(28,29)30)13-17(27)11-15)25(34)35-14-22-20-8-4-2-6-18(20)19-7-3-5-9-21(19)22/h2-11,13,22-23H,12,14H2,1H3,(H,32,33). The van der Waals surface area contributed by atoms with Gasteiger partial charge in [0.2, 0.25) is 0 Å². The molecule has 0 aliphatic heterocycles. The van der Waals surface area contributed by atoms with Crippen molar-refractivity contribution >= 4 is 23.7 Å². The average molecular weight is 504 g/mol. The Hall–Kier alpha value is -3.52. The fourth-order valence-electron chi connectivity index (χ4n) is 4.37. The number of ether oxygens (including phenoxy) is 1. The second-order valence-corrected chi connectivity index (χ2v) is 8.76. The molecule has 1 aliphatic rings. The van der Waals surface area contributed by atoms with E-state index in [1.165, 1.54) is 13.1 Å². The van der Waals surface area contributed by atoms with Gasteiger partial charge in [-0.05, 0) is 46.0 Å². The molecule has 1 N–H and O–H groups in total. The normalized spacial score (nSPS) is 13.6. The first-order valence-corrected chi connectivity index (χ1v) is 11.1. The Labute approximate surface area is 204 Å². The SMILES string of the molecule is CN(C(=O)OCC1c2ccccc2-c2ccccc21)C(Cc1cc(Cl)cc(C(F)(F)F)c1)C(=O)O. The third kappa shape index (κ3) is 5.12. The lowest BCUT2D eigenvalue weighted by Gasteiger charge is -2.25. The second kappa shape index (κ2) is 9.62. The van der Waals surface area contributed by atoms with Crippen molar-refractivity contribution in [3.8, 4) is 11.1 Å². The molecule has 0 spiro atoms. The lowest BCUT2D eigenvalue weighted by Crippen LogP contribution is -2.44. The number of hydrogen-bond acceptors (Lipinski definition) is 3. The molecule has 1 amide bonds. The van der Waals surface area contributed by atoms with E-state index < -0.39 is 29.8 Å². The van der Waals surface area contributed by atoms with Gasteiger partial charge in [-0.15, -0.1) is 0 Å². The van der Waals surface area contributed by atoms with E-state index in [9.17, 15) is 27.9 Å². The smallest absolute Gasteiger partial charge is 0.416 e. The molecule has 0 aromatic heterocycles. The van der Waals surface area contributed by atoms with Crippen molar-refractivity contribution in [1.82, 2.24) is 4.90 Å². The summed E-state index contributed by atoms with van der Waals surface area (Å²) in [5.41, 5.74) is 3.13. The molecule has 0 saturated carbocycles. The number of carboxylic acid groups (broad SMARTS) is 1. The summed E-state index contributed by atoms with van der Waals surface area (Å²) < 4.78 is 44.9. The number of carboxylic acids is 1. The number of aliphatic carboxylic acids is 1. The lowest BCUT2D eigenvalue weighted by molar-refractivity contribution is -0.142. The Morgan fingerprint density at radius 1 is 1.03 bits per heavy atom. The van der Waals surface area contributed by atoms with Crippen LogP contribution < -0.4 is 0 Å². The van der Waals surface area contributed by atoms with Gasteiger partial charge in [-0.1, -0.05) is 60.1 Å². The van der Waals surface area contributed by atoms with Crippen molar-refractivity contribution in [2.45, 2.75) is 24.6 Å². The van der Waals surface area contributed by atoms with Crippen LogP contribution in [0.2, 0.25) is 5.02 Å². The quantitative estimate of drug-likeness (QED) is 0.432. The van der Waals surface area contributed by atoms with Gasteiger partial charge < -0.3 is 9.84 Å². The Morgan fingerprint density at radius 3 is 2.14 bits per heavy atom. The first-order chi connectivity index (χ1) is 16.6. The maximum Gasteiger partial charge on any atom is 0.416 e. The molecule has 0 saturated heterocycles. The van der Waals surface area contributed by atoms with Gasteiger partial charge in [0.05, 0.1) is 5.56 Å². The fraction of sp³-hybridized carbons (Fsp3) is 0.231. The first kappa shape index (κ1) is 24.6. The summed E-state index contributed by atoms with van der Waals surface area (Å²) in [6, 6.07) is 16.9. The van der Waals surface area contributed by atoms with Crippen LogP contribution in [0.4, 0.5) is 18.0 Å². The number of carbonyl (C=O) groups is 2. The Bertz CT molecular complexity index is 1230. The number of fused-ring (bicyclic) bond motifs is 3. The number of likely N-dealkylation sites (N-methyl/N-ethyl adjacent to an activating group) is 1. The summed E-state index contributed by atoms with van der Waals surface area (Å²) in [6.07, 6.45) is -5.91. The minimum absolute atomic E-state index is 0.0150. The van der Waals surface area contributed by atoms with E-state index >= 15 is 0 Å². The summed E-state index contributed by atoms with van der Waals surface area (Å²) in [4.78, 5) is 25.6. The number of halogens is 4. The van der Waals surface area contributed by atoms with Crippen LogP contribution >= 0.6 is 11.6 Å². The molecule has 182 valence electrons. The third-order valence-electron chi connectivity index (χ3n) is 6.09. The lowest BCUT2D eigenvalue weighted by atomic mass is 9.98. The summed E-state index contributed by atoms with van der Waals surface area (Å²) in [5, 5.41) is 9.51. The molecule has 0 radical (unpaired) electrons. The molecular weight excluding hydrogens is 483 g/mol. The zero-order valence-corrected chi connectivity index (χ0v) is 19.3. The molecule has 35 heavy (non-hydrogen) atoms. The van der Waals surface area contributed by atoms with Gasteiger partial charge in [-0.25, -0.2) is 9.59 Å². The molecule has 1 atom stereocenters. The highest BCUT2D eigenvalue weighted by atomic mass is 35.5. The van der Waals surface area contributed by atoms with E-state index in [0.717, 1.165) is 39.3 Å². The predicted molar refractivity (Wildman–Crippen MR) is 124 cm³/mol. The Kier molecular flexibility index (Phi) is 6.76. The molecule has 1 unspecified atom stereocenters. The number of carbonyl (C=O) groups excluding carboxylic acids is 1. The van der Waals surface area contributed by atoms with E-state index in [1.807, 2.05) is 48.5 Å². The van der Waals surface area contributed by atoms with Crippen molar-refractivity contribution in [1.29, 1.82) is 0 Å². The van der Waals surface area contributed by atoms with Crippen LogP contribution in [0, 0.1) is 0 Å². The maximum atomic E-state index is 13.1. The van der Waals surface area contributed by atoms with E-state index in [1.54, 1.807) is 0 Å². The summed E-state index contributed by atoms with van der Waals surface area (Å²) in [6.45, 7) is -0.0150. The van der Waals surface area contributed by atoms with Gasteiger partial charge in [0.1, 0.15) is 12.6 Å². The van der Waals surface area contributed by atoms with Gasteiger partial charge in [0.25, 0.3) is 0 Å². The highest BCUT2D eigenvalue weighted by Crippen LogP contribution is 2.44. The van der Waals surface area contributed by atoms with Crippen LogP contribution in [0.1, 0.15) is 28.2 Å². The Balaban J connectivity index is 1.50. The van der Waals surface area contributed by atoms with E-state index in [-0.39, 0.29) is 29.5 Å². The van der Waals surface area contributed by atoms with Crippen LogP contribution in [0.25, 0.3) is 11.1 Å². The molecule has 9 heteroatoms. The highest BCUT2D eigenvalue weighted by Gasteiger charge is 2.34. The Morgan fingerprint density at radius 2 is 1.60 bits per heavy atom. The van der Waals surface area contributed by atoms with Crippen molar-refractivity contribution in [3.63, 3.8) is 0 Å². The fourth-order valence-corrected chi connectivity index (χ4v) is 4.63. The molecule has 5 nitrogen and oxygen atoms in total. The second-order valence-electron chi connectivity index (χ2n) is 8.32. The average Bonchev–Trinajstić information content (AvgIpc) is 3.13. The van der Waals surface area contributed by atoms with Gasteiger partial charge in [0.15, 0.2) is 0 Å². The molecule has 0 heterocycles. The van der Waals surface area contributed by atoms with Crippen molar-refractivity contribution in [3.05, 3.63) is 94.0 Å². The van der Waals surface area contributed by atoms with Crippen LogP contribution in [-0.4, -0.2) is 41.8 Å². The summed E-state index contributed by atoms with van der Waals surface area (Å²) >= 11 is 5.81. The van der Waals surface area contributed by atoms with Crippen LogP contribution in [0.15, 0.2) is 66.7 Å². The molecular formula is C26H21ClF3NO4. The highest BCUT2D eigenvalue weighted by molar-refractivity contribution is 6.30. The third-order valence-corrected chi connectivity index (χ3v) is 6.31. The van der Waals surface area contributed by atoms with Crippen LogP contribution in [-0.2, 0) is 22.1 Å². The number of hydrogen-bond donors (Lipinski definition) is 1. The largest absolute Gasteiger partial charge is 0.480 e. The first-order valence-electron chi connectivity index (χ1n) is 10.7. The minimum atomic E-state index is -4.64. The van der Waals surface area contributed by atoms with Crippen LogP contribution in [0.3, 0.4) is 0 Å². The molecule has 3 aromatic rings. The van der Waals surface area contributed by atoms with Gasteiger partial charge in [-0.2, -0.15) is 13.2 Å². The summed E-state index contributed by atoms with van der Waals surface area (Å²) in [5.74, 6) is -1.60. The number of amides is 1. The number of rotatable bonds is 6. The zero-order valence-electron chi connectivity index (χ0n) is 18.6. The topological polar surface area (TPSA) is 66.8 Å². The molecule has 0 fully saturated rings. The van der Waals surface area contributed by atoms with Crippen molar-refractivity contribution in [2.75, 3.05) is 13.7 Å². The zero-order chi connectivity index (χ0) is 25.3. The van der Waals surface area contributed by atoms with Crippen molar-refractivity contribution in [2.24, 2.45) is 0 Å². The molecule has 3 aromatic carbocycles. The predicted octanol–water partition coefficient (Wildman–Crippen LogP) is 6.24. The number of alkyl halides is 3.